The number of methoxy groups -OCH3 is 1. The van der Waals surface area contributed by atoms with E-state index in [1.54, 1.807) is 18.1 Å². The zero-order valence-corrected chi connectivity index (χ0v) is 18.4. The van der Waals surface area contributed by atoms with E-state index in [1.807, 2.05) is 42.5 Å². The van der Waals surface area contributed by atoms with E-state index in [4.69, 9.17) is 14.5 Å². The molecular weight excluding hydrogens is 428 g/mol. The minimum atomic E-state index is -0.239. The predicted octanol–water partition coefficient (Wildman–Crippen LogP) is 2.83. The van der Waals surface area contributed by atoms with Crippen LogP contribution in [0.3, 0.4) is 0 Å². The fraction of sp³-hybridized carbons (Fsp3) is 0.261. The molecule has 1 saturated heterocycles. The lowest BCUT2D eigenvalue weighted by Crippen LogP contribution is -2.41. The number of carbonyl (C=O) groups excluding carboxylic acids is 1. The van der Waals surface area contributed by atoms with Gasteiger partial charge in [0.05, 0.1) is 31.8 Å². The summed E-state index contributed by atoms with van der Waals surface area (Å²) in [6.45, 7) is 2.24. The number of hydrogen-bond donors (Lipinski definition) is 1. The van der Waals surface area contributed by atoms with Gasteiger partial charge in [-0.1, -0.05) is 42.1 Å². The van der Waals surface area contributed by atoms with Crippen molar-refractivity contribution in [3.05, 3.63) is 58.9 Å². The van der Waals surface area contributed by atoms with Crippen LogP contribution in [0.4, 0.5) is 0 Å². The van der Waals surface area contributed by atoms with Crippen molar-refractivity contribution in [1.82, 2.24) is 19.4 Å². The number of aromatic amines is 1. The van der Waals surface area contributed by atoms with Crippen LogP contribution >= 0.6 is 11.8 Å². The van der Waals surface area contributed by atoms with E-state index < -0.39 is 0 Å². The van der Waals surface area contributed by atoms with Gasteiger partial charge in [-0.15, -0.1) is 0 Å². The first kappa shape index (κ1) is 20.6. The quantitative estimate of drug-likeness (QED) is 0.372. The van der Waals surface area contributed by atoms with E-state index in [1.165, 1.54) is 16.3 Å². The fourth-order valence-electron chi connectivity index (χ4n) is 3.90. The second-order valence-corrected chi connectivity index (χ2v) is 8.33. The molecule has 4 aromatic rings. The van der Waals surface area contributed by atoms with Crippen molar-refractivity contribution in [2.75, 3.05) is 39.2 Å². The summed E-state index contributed by atoms with van der Waals surface area (Å²) in [5.74, 6) is 0.724. The number of morpholine rings is 1. The van der Waals surface area contributed by atoms with Gasteiger partial charge in [-0.3, -0.25) is 9.59 Å². The Morgan fingerprint density at radius 3 is 2.72 bits per heavy atom. The number of fused-ring (bicyclic) bond motifs is 3. The molecule has 0 spiro atoms. The van der Waals surface area contributed by atoms with Crippen LogP contribution in [0.5, 0.6) is 5.75 Å². The molecule has 5 rings (SSSR count). The molecule has 0 radical (unpaired) electrons. The Kier molecular flexibility index (Phi) is 5.59. The second kappa shape index (κ2) is 8.68. The molecule has 164 valence electrons. The highest BCUT2D eigenvalue weighted by molar-refractivity contribution is 7.99. The Labute approximate surface area is 188 Å². The minimum absolute atomic E-state index is 0.00171. The number of H-pyrrole nitrogens is 1. The van der Waals surface area contributed by atoms with Crippen LogP contribution in [0.2, 0.25) is 0 Å². The Morgan fingerprint density at radius 2 is 1.91 bits per heavy atom. The summed E-state index contributed by atoms with van der Waals surface area (Å²) < 4.78 is 12.4. The highest BCUT2D eigenvalue weighted by Gasteiger charge is 2.22. The van der Waals surface area contributed by atoms with E-state index in [-0.39, 0.29) is 17.2 Å². The summed E-state index contributed by atoms with van der Waals surface area (Å²) in [4.78, 5) is 36.2. The van der Waals surface area contributed by atoms with E-state index in [9.17, 15) is 9.59 Å². The number of amides is 1. The molecule has 0 aliphatic carbocycles. The average molecular weight is 451 g/mol. The van der Waals surface area contributed by atoms with Gasteiger partial charge >= 0.3 is 0 Å². The largest absolute Gasteiger partial charge is 0.495 e. The van der Waals surface area contributed by atoms with Gasteiger partial charge in [0.1, 0.15) is 16.8 Å². The highest BCUT2D eigenvalue weighted by atomic mass is 32.2. The molecule has 1 amide bonds. The second-order valence-electron chi connectivity index (χ2n) is 7.38. The van der Waals surface area contributed by atoms with Crippen molar-refractivity contribution in [1.29, 1.82) is 0 Å². The van der Waals surface area contributed by atoms with Crippen LogP contribution in [0.1, 0.15) is 0 Å². The van der Waals surface area contributed by atoms with Gasteiger partial charge in [0.15, 0.2) is 5.16 Å². The van der Waals surface area contributed by atoms with Crippen LogP contribution in [0.25, 0.3) is 27.6 Å². The van der Waals surface area contributed by atoms with Crippen molar-refractivity contribution in [3.63, 3.8) is 0 Å². The molecule has 2 aromatic carbocycles. The van der Waals surface area contributed by atoms with Gasteiger partial charge < -0.3 is 19.4 Å². The van der Waals surface area contributed by atoms with Crippen LogP contribution < -0.4 is 10.3 Å². The molecule has 3 heterocycles. The molecule has 1 fully saturated rings. The molecule has 0 unspecified atom stereocenters. The third-order valence-corrected chi connectivity index (χ3v) is 6.43. The monoisotopic (exact) mass is 450 g/mol. The molecule has 2 aromatic heterocycles. The number of carbonyl (C=O) groups is 1. The zero-order valence-electron chi connectivity index (χ0n) is 17.5. The van der Waals surface area contributed by atoms with Crippen LogP contribution in [0, 0.1) is 0 Å². The molecule has 32 heavy (non-hydrogen) atoms. The number of ether oxygens (including phenoxy) is 2. The predicted molar refractivity (Wildman–Crippen MR) is 124 cm³/mol. The van der Waals surface area contributed by atoms with E-state index in [2.05, 4.69) is 4.98 Å². The maximum absolute atomic E-state index is 13.6. The third kappa shape index (κ3) is 3.63. The molecular formula is C23H22N4O4S. The van der Waals surface area contributed by atoms with Gasteiger partial charge in [-0.05, 0) is 18.2 Å². The number of nitrogens with one attached hydrogen (secondary N) is 1. The topological polar surface area (TPSA) is 89.4 Å². The van der Waals surface area contributed by atoms with Gasteiger partial charge in [-0.25, -0.2) is 9.55 Å². The molecule has 1 aliphatic heterocycles. The Balaban J connectivity index is 1.64. The normalized spacial score (nSPS) is 14.2. The average Bonchev–Trinajstić information content (AvgIpc) is 3.22. The van der Waals surface area contributed by atoms with Crippen molar-refractivity contribution >= 4 is 39.6 Å². The number of aromatic nitrogens is 3. The van der Waals surface area contributed by atoms with Crippen molar-refractivity contribution in [2.45, 2.75) is 5.16 Å². The van der Waals surface area contributed by atoms with Gasteiger partial charge in [0.25, 0.3) is 5.56 Å². The number of thioether (sulfide) groups is 1. The van der Waals surface area contributed by atoms with Gasteiger partial charge in [0.2, 0.25) is 5.91 Å². The number of nitrogens with zero attached hydrogens (tertiary/aromatic N) is 3. The Morgan fingerprint density at radius 1 is 1.16 bits per heavy atom. The molecule has 9 heteroatoms. The lowest BCUT2D eigenvalue weighted by molar-refractivity contribution is -0.132. The first-order chi connectivity index (χ1) is 15.7. The number of para-hydroxylation sites is 3. The summed E-state index contributed by atoms with van der Waals surface area (Å²) in [6, 6.07) is 15.0. The standard InChI is InChI=1S/C23H22N4O4S/c1-30-18-9-5-4-8-17(18)27-22(29)21-20(15-6-2-3-7-16(15)24-21)25-23(27)32-14-19(28)26-10-12-31-13-11-26/h2-9,24H,10-14H2,1H3. The zero-order chi connectivity index (χ0) is 22.1. The van der Waals surface area contributed by atoms with Gasteiger partial charge in [0, 0.05) is 24.0 Å². The van der Waals surface area contributed by atoms with Crippen LogP contribution in [-0.4, -0.2) is 64.5 Å². The lowest BCUT2D eigenvalue weighted by atomic mass is 10.2. The summed E-state index contributed by atoms with van der Waals surface area (Å²) >= 11 is 1.25. The number of rotatable bonds is 5. The first-order valence-corrected chi connectivity index (χ1v) is 11.3. The minimum Gasteiger partial charge on any atom is -0.495 e. The Bertz CT molecular complexity index is 1360. The van der Waals surface area contributed by atoms with Crippen LogP contribution in [0.15, 0.2) is 58.5 Å². The molecule has 1 N–H and O–H groups in total. The summed E-state index contributed by atoms with van der Waals surface area (Å²) in [7, 11) is 1.56. The van der Waals surface area contributed by atoms with E-state index in [0.29, 0.717) is 53.9 Å². The summed E-state index contributed by atoms with van der Waals surface area (Å²) in [6.07, 6.45) is 0. The number of hydrogen-bond acceptors (Lipinski definition) is 6. The van der Waals surface area contributed by atoms with Crippen molar-refractivity contribution < 1.29 is 14.3 Å². The molecule has 1 aliphatic rings. The number of benzene rings is 2. The van der Waals surface area contributed by atoms with Crippen molar-refractivity contribution in [2.24, 2.45) is 0 Å². The lowest BCUT2D eigenvalue weighted by Gasteiger charge is -2.26. The molecule has 8 nitrogen and oxygen atoms in total. The van der Waals surface area contributed by atoms with Crippen LogP contribution in [-0.2, 0) is 9.53 Å². The maximum Gasteiger partial charge on any atom is 0.283 e. The van der Waals surface area contributed by atoms with Gasteiger partial charge in [-0.2, -0.15) is 0 Å². The summed E-state index contributed by atoms with van der Waals surface area (Å²) in [5.41, 5.74) is 2.19. The maximum atomic E-state index is 13.6. The first-order valence-electron chi connectivity index (χ1n) is 10.3. The highest BCUT2D eigenvalue weighted by Crippen LogP contribution is 2.29. The SMILES string of the molecule is COc1ccccc1-n1c(SCC(=O)N2CCOCC2)nc2c([nH]c3ccccc32)c1=O. The Hall–Kier alpha value is -3.30. The molecule has 0 saturated carbocycles. The smallest absolute Gasteiger partial charge is 0.283 e. The molecule has 0 bridgehead atoms. The fourth-order valence-corrected chi connectivity index (χ4v) is 4.80. The summed E-state index contributed by atoms with van der Waals surface area (Å²) in [5, 5.41) is 1.31. The third-order valence-electron chi connectivity index (χ3n) is 5.51. The van der Waals surface area contributed by atoms with Crippen molar-refractivity contribution in [3.8, 4) is 11.4 Å². The van der Waals surface area contributed by atoms with E-state index >= 15 is 0 Å². The van der Waals surface area contributed by atoms with E-state index in [0.717, 1.165) is 10.9 Å². The molecule has 0 atom stereocenters.